The lowest BCUT2D eigenvalue weighted by Gasteiger charge is -2.35. The van der Waals surface area contributed by atoms with E-state index in [1.807, 2.05) is 31.3 Å². The van der Waals surface area contributed by atoms with E-state index in [2.05, 4.69) is 35.3 Å². The highest BCUT2D eigenvalue weighted by Crippen LogP contribution is 2.14. The molecule has 0 N–H and O–H groups in total. The van der Waals surface area contributed by atoms with Gasteiger partial charge in [-0.2, -0.15) is 9.61 Å². The fraction of sp³-hybridized carbons (Fsp3) is 0.368. The van der Waals surface area contributed by atoms with Crippen molar-refractivity contribution in [1.82, 2.24) is 44.3 Å². The van der Waals surface area contributed by atoms with Gasteiger partial charge in [0.05, 0.1) is 6.54 Å². The topological polar surface area (TPSA) is 102 Å². The van der Waals surface area contributed by atoms with Gasteiger partial charge in [-0.15, -0.1) is 20.4 Å². The molecule has 4 aromatic heterocycles. The Labute approximate surface area is 172 Å². The van der Waals surface area contributed by atoms with Crippen LogP contribution < -0.4 is 10.5 Å². The van der Waals surface area contributed by atoms with Crippen LogP contribution >= 0.6 is 0 Å². The van der Waals surface area contributed by atoms with Crippen LogP contribution in [0.15, 0.2) is 47.5 Å². The third-order valence-corrected chi connectivity index (χ3v) is 5.32. The van der Waals surface area contributed by atoms with Crippen LogP contribution in [0.25, 0.3) is 11.5 Å². The Bertz CT molecular complexity index is 1200. The van der Waals surface area contributed by atoms with Crippen molar-refractivity contribution in [1.29, 1.82) is 0 Å². The molecule has 0 radical (unpaired) electrons. The molecular formula is C19H22N10O. The van der Waals surface area contributed by atoms with Gasteiger partial charge in [-0.1, -0.05) is 0 Å². The molecule has 5 heterocycles. The zero-order chi connectivity index (χ0) is 20.5. The van der Waals surface area contributed by atoms with E-state index in [9.17, 15) is 4.79 Å². The maximum absolute atomic E-state index is 12.2. The number of piperazine rings is 1. The molecule has 1 saturated heterocycles. The maximum Gasteiger partial charge on any atom is 0.266 e. The van der Waals surface area contributed by atoms with E-state index in [0.717, 1.165) is 50.0 Å². The highest BCUT2D eigenvalue weighted by atomic mass is 16.1. The molecule has 30 heavy (non-hydrogen) atoms. The van der Waals surface area contributed by atoms with Gasteiger partial charge >= 0.3 is 0 Å². The molecule has 0 aliphatic carbocycles. The zero-order valence-electron chi connectivity index (χ0n) is 16.7. The summed E-state index contributed by atoms with van der Waals surface area (Å²) in [6, 6.07) is 8.99. The second-order valence-corrected chi connectivity index (χ2v) is 7.24. The Balaban J connectivity index is 1.21. The fourth-order valence-electron chi connectivity index (χ4n) is 3.62. The number of rotatable bonds is 5. The molecule has 0 bridgehead atoms. The average Bonchev–Trinajstić information content (AvgIpc) is 3.44. The summed E-state index contributed by atoms with van der Waals surface area (Å²) in [5, 5.41) is 21.4. The Kier molecular flexibility index (Phi) is 4.71. The van der Waals surface area contributed by atoms with Crippen molar-refractivity contribution in [2.75, 3.05) is 37.6 Å². The van der Waals surface area contributed by atoms with Crippen LogP contribution in [0.4, 0.5) is 5.82 Å². The lowest BCUT2D eigenvalue weighted by molar-refractivity contribution is 0.242. The van der Waals surface area contributed by atoms with Crippen molar-refractivity contribution in [2.24, 2.45) is 0 Å². The Morgan fingerprint density at radius 2 is 1.77 bits per heavy atom. The molecular weight excluding hydrogens is 384 g/mol. The number of anilines is 1. The third-order valence-electron chi connectivity index (χ3n) is 5.32. The largest absolute Gasteiger partial charge is 0.353 e. The van der Waals surface area contributed by atoms with E-state index in [1.165, 1.54) is 10.7 Å². The molecule has 0 atom stereocenters. The smallest absolute Gasteiger partial charge is 0.266 e. The Morgan fingerprint density at radius 1 is 0.933 bits per heavy atom. The Morgan fingerprint density at radius 3 is 2.57 bits per heavy atom. The van der Waals surface area contributed by atoms with Gasteiger partial charge < -0.3 is 4.90 Å². The summed E-state index contributed by atoms with van der Waals surface area (Å²) in [4.78, 5) is 16.8. The average molecular weight is 406 g/mol. The standard InChI is InChI=1S/C19H22N10O/c1-15-21-22-16-3-4-17(24-29(15)16)26-12-9-25(10-13-26)11-14-28-19(30)6-5-18(23-28)27-8-2-7-20-27/h2-8H,9-14H2,1H3. The number of fused-ring (bicyclic) bond motifs is 1. The first-order valence-electron chi connectivity index (χ1n) is 9.92. The maximum atomic E-state index is 12.2. The van der Waals surface area contributed by atoms with Crippen LogP contribution in [0.1, 0.15) is 5.82 Å². The van der Waals surface area contributed by atoms with Gasteiger partial charge in [0.25, 0.3) is 5.56 Å². The Hall–Kier alpha value is -3.60. The molecule has 1 aliphatic rings. The summed E-state index contributed by atoms with van der Waals surface area (Å²) < 4.78 is 4.93. The van der Waals surface area contributed by atoms with Gasteiger partial charge in [0.1, 0.15) is 5.82 Å². The number of aromatic nitrogens is 8. The minimum absolute atomic E-state index is 0.105. The van der Waals surface area contributed by atoms with Crippen LogP contribution in [0.3, 0.4) is 0 Å². The molecule has 1 fully saturated rings. The predicted octanol–water partition coefficient (Wildman–Crippen LogP) is -0.00268. The summed E-state index contributed by atoms with van der Waals surface area (Å²) in [7, 11) is 0. The first-order chi connectivity index (χ1) is 14.7. The molecule has 0 saturated carbocycles. The van der Waals surface area contributed by atoms with E-state index in [1.54, 1.807) is 21.5 Å². The minimum Gasteiger partial charge on any atom is -0.353 e. The minimum atomic E-state index is -0.105. The summed E-state index contributed by atoms with van der Waals surface area (Å²) in [5.74, 6) is 2.34. The van der Waals surface area contributed by atoms with Crippen LogP contribution in [0.2, 0.25) is 0 Å². The van der Waals surface area contributed by atoms with Gasteiger partial charge in [-0.05, 0) is 31.2 Å². The molecule has 11 nitrogen and oxygen atoms in total. The number of aryl methyl sites for hydroxylation is 1. The molecule has 4 aromatic rings. The molecule has 0 amide bonds. The predicted molar refractivity (Wildman–Crippen MR) is 110 cm³/mol. The SMILES string of the molecule is Cc1nnc2ccc(N3CCN(CCn4nc(-n5cccn5)ccc4=O)CC3)nn12. The number of hydrogen-bond acceptors (Lipinski definition) is 8. The molecule has 154 valence electrons. The second kappa shape index (κ2) is 7.67. The third kappa shape index (κ3) is 3.54. The first-order valence-corrected chi connectivity index (χ1v) is 9.92. The molecule has 1 aliphatic heterocycles. The number of nitrogens with zero attached hydrogens (tertiary/aromatic N) is 10. The van der Waals surface area contributed by atoms with E-state index < -0.39 is 0 Å². The fourth-order valence-corrected chi connectivity index (χ4v) is 3.62. The van der Waals surface area contributed by atoms with Crippen molar-refractivity contribution in [3.05, 3.63) is 58.9 Å². The second-order valence-electron chi connectivity index (χ2n) is 7.24. The van der Waals surface area contributed by atoms with Crippen molar-refractivity contribution >= 4 is 11.5 Å². The highest BCUT2D eigenvalue weighted by molar-refractivity contribution is 5.46. The zero-order valence-corrected chi connectivity index (χ0v) is 16.7. The van der Waals surface area contributed by atoms with Gasteiger partial charge in [-0.25, -0.2) is 9.36 Å². The lowest BCUT2D eigenvalue weighted by Crippen LogP contribution is -2.48. The van der Waals surface area contributed by atoms with Crippen molar-refractivity contribution < 1.29 is 0 Å². The quantitative estimate of drug-likeness (QED) is 0.456. The van der Waals surface area contributed by atoms with E-state index in [0.29, 0.717) is 12.4 Å². The number of hydrogen-bond donors (Lipinski definition) is 0. The molecule has 5 rings (SSSR count). The summed E-state index contributed by atoms with van der Waals surface area (Å²) in [6.45, 7) is 6.73. The van der Waals surface area contributed by atoms with E-state index in [4.69, 9.17) is 0 Å². The molecule has 11 heteroatoms. The van der Waals surface area contributed by atoms with Crippen LogP contribution in [0.5, 0.6) is 0 Å². The van der Waals surface area contributed by atoms with Crippen molar-refractivity contribution in [2.45, 2.75) is 13.5 Å². The normalized spacial score (nSPS) is 15.2. The molecule has 0 spiro atoms. The van der Waals surface area contributed by atoms with Gasteiger partial charge in [0.15, 0.2) is 17.3 Å². The van der Waals surface area contributed by atoms with Crippen molar-refractivity contribution in [3.63, 3.8) is 0 Å². The lowest BCUT2D eigenvalue weighted by atomic mass is 10.3. The van der Waals surface area contributed by atoms with E-state index >= 15 is 0 Å². The van der Waals surface area contributed by atoms with Crippen LogP contribution in [-0.2, 0) is 6.54 Å². The summed E-state index contributed by atoms with van der Waals surface area (Å²) >= 11 is 0. The van der Waals surface area contributed by atoms with Gasteiger partial charge in [-0.3, -0.25) is 9.69 Å². The highest BCUT2D eigenvalue weighted by Gasteiger charge is 2.19. The molecule has 0 unspecified atom stereocenters. The van der Waals surface area contributed by atoms with Crippen LogP contribution in [0, 0.1) is 6.92 Å². The van der Waals surface area contributed by atoms with Crippen molar-refractivity contribution in [3.8, 4) is 5.82 Å². The summed E-state index contributed by atoms with van der Waals surface area (Å²) in [5.41, 5.74) is 0.650. The molecule has 0 aromatic carbocycles. The monoisotopic (exact) mass is 406 g/mol. The summed E-state index contributed by atoms with van der Waals surface area (Å²) in [6.07, 6.45) is 3.50. The van der Waals surface area contributed by atoms with E-state index in [-0.39, 0.29) is 5.56 Å². The first kappa shape index (κ1) is 18.4. The van der Waals surface area contributed by atoms with Gasteiger partial charge in [0, 0.05) is 51.2 Å². The van der Waals surface area contributed by atoms with Crippen LogP contribution in [-0.4, -0.2) is 77.0 Å². The van der Waals surface area contributed by atoms with Gasteiger partial charge in [0.2, 0.25) is 0 Å².